The second-order valence-corrected chi connectivity index (χ2v) is 15.1. The van der Waals surface area contributed by atoms with E-state index in [-0.39, 0.29) is 35.7 Å². The normalized spacial score (nSPS) is 18.1. The molecule has 2 unspecified atom stereocenters. The maximum absolute atomic E-state index is 13.5. The highest BCUT2D eigenvalue weighted by Gasteiger charge is 2.39. The van der Waals surface area contributed by atoms with Crippen LogP contribution in [0.1, 0.15) is 77.1 Å². The van der Waals surface area contributed by atoms with E-state index in [1.807, 2.05) is 70.2 Å². The first-order valence-corrected chi connectivity index (χ1v) is 19.0. The Morgan fingerprint density at radius 3 is 1.84 bits per heavy atom. The average Bonchev–Trinajstić information content (AvgIpc) is 4.03. The number of aromatic nitrogens is 5. The Balaban J connectivity index is 1.04. The molecule has 4 atom stereocenters. The van der Waals surface area contributed by atoms with Crippen LogP contribution in [0.5, 0.6) is 0 Å². The lowest BCUT2D eigenvalue weighted by molar-refractivity contribution is -0.136. The lowest BCUT2D eigenvalue weighted by atomic mass is 10.0. The summed E-state index contributed by atoms with van der Waals surface area (Å²) in [5, 5.41) is 14.4. The van der Waals surface area contributed by atoms with Gasteiger partial charge in [-0.3, -0.25) is 9.59 Å². The molecule has 0 saturated carbocycles. The number of H-pyrrole nitrogens is 2. The standard InChI is InChI=1S/C40H47N9O7/c1-21(2)32(46-39(52)53)37(50)48-16-6-9-30(48)35-42-20-28(44-35)25-14-15-31-26(18-25)45-36(56-31)24-12-10-23(11-13-24)27-19-41-34(43-27)29-8-7-17-49(29)38(51)33(22(3)4)47-40(54)55-5/h10-15,18-22,29-30,32-33,46H,6-9,16-17H2,1-5H3,(H,41,43)(H,42,44)(H,47,54)(H,52,53)/t29-,30-,32?,33?/m0/s1. The molecule has 56 heavy (non-hydrogen) atoms. The van der Waals surface area contributed by atoms with E-state index in [9.17, 15) is 24.3 Å². The van der Waals surface area contributed by atoms with Gasteiger partial charge < -0.3 is 44.7 Å². The zero-order chi connectivity index (χ0) is 39.7. The fourth-order valence-electron chi connectivity index (χ4n) is 7.65. The van der Waals surface area contributed by atoms with E-state index >= 15 is 0 Å². The molecule has 2 aliphatic heterocycles. The number of oxazole rings is 1. The molecule has 2 saturated heterocycles. The second kappa shape index (κ2) is 15.9. The van der Waals surface area contributed by atoms with Crippen LogP contribution < -0.4 is 10.6 Å². The molecule has 294 valence electrons. The number of aromatic amines is 2. The molecule has 2 fully saturated rings. The predicted octanol–water partition coefficient (Wildman–Crippen LogP) is 6.27. The van der Waals surface area contributed by atoms with Crippen LogP contribution in [0.25, 0.3) is 45.1 Å². The van der Waals surface area contributed by atoms with Gasteiger partial charge in [-0.15, -0.1) is 0 Å². The van der Waals surface area contributed by atoms with E-state index in [4.69, 9.17) is 14.1 Å². The second-order valence-electron chi connectivity index (χ2n) is 15.1. The van der Waals surface area contributed by atoms with Crippen molar-refractivity contribution in [1.29, 1.82) is 0 Å². The van der Waals surface area contributed by atoms with E-state index < -0.39 is 24.3 Å². The van der Waals surface area contributed by atoms with Gasteiger partial charge in [-0.25, -0.2) is 24.5 Å². The number of methoxy groups -OCH3 is 1. The topological polar surface area (TPSA) is 212 Å². The largest absolute Gasteiger partial charge is 0.465 e. The van der Waals surface area contributed by atoms with Crippen LogP contribution in [-0.4, -0.2) is 96.1 Å². The zero-order valence-corrected chi connectivity index (χ0v) is 32.0. The summed E-state index contributed by atoms with van der Waals surface area (Å²) in [5.74, 6) is 1.07. The van der Waals surface area contributed by atoms with Crippen molar-refractivity contribution < 1.29 is 33.4 Å². The Bertz CT molecular complexity index is 2220. The fraction of sp³-hybridized carbons (Fsp3) is 0.425. The first-order valence-electron chi connectivity index (χ1n) is 19.0. The Morgan fingerprint density at radius 2 is 1.30 bits per heavy atom. The Morgan fingerprint density at radius 1 is 0.786 bits per heavy atom. The molecule has 5 heterocycles. The third-order valence-corrected chi connectivity index (χ3v) is 10.6. The average molecular weight is 766 g/mol. The third kappa shape index (κ3) is 7.68. The number of nitrogens with one attached hydrogen (secondary N) is 4. The van der Waals surface area contributed by atoms with Crippen molar-refractivity contribution in [3.63, 3.8) is 0 Å². The number of hydrogen-bond donors (Lipinski definition) is 5. The van der Waals surface area contributed by atoms with Gasteiger partial charge in [0.15, 0.2) is 5.58 Å². The molecule has 3 aromatic heterocycles. The van der Waals surface area contributed by atoms with Crippen molar-refractivity contribution in [3.8, 4) is 34.0 Å². The molecule has 7 rings (SSSR count). The van der Waals surface area contributed by atoms with E-state index in [2.05, 4.69) is 30.6 Å². The minimum atomic E-state index is -1.23. The molecular formula is C40H47N9O7. The van der Waals surface area contributed by atoms with Crippen LogP contribution in [0, 0.1) is 11.8 Å². The van der Waals surface area contributed by atoms with E-state index in [1.165, 1.54) is 7.11 Å². The maximum atomic E-state index is 13.5. The number of rotatable bonds is 11. The molecule has 2 aliphatic rings. The number of nitrogens with zero attached hydrogens (tertiary/aromatic N) is 5. The molecule has 5 N–H and O–H groups in total. The van der Waals surface area contributed by atoms with Crippen molar-refractivity contribution in [1.82, 2.24) is 45.4 Å². The number of benzene rings is 2. The number of carbonyl (C=O) groups is 4. The van der Waals surface area contributed by atoms with Crippen molar-refractivity contribution in [3.05, 3.63) is 66.5 Å². The summed E-state index contributed by atoms with van der Waals surface area (Å²) in [6.45, 7) is 8.52. The molecule has 0 aliphatic carbocycles. The molecule has 16 heteroatoms. The highest BCUT2D eigenvalue weighted by molar-refractivity contribution is 5.87. The van der Waals surface area contributed by atoms with Gasteiger partial charge in [0.05, 0.1) is 43.0 Å². The molecule has 0 spiro atoms. The first-order chi connectivity index (χ1) is 26.9. The summed E-state index contributed by atoms with van der Waals surface area (Å²) in [6, 6.07) is 11.4. The minimum Gasteiger partial charge on any atom is -0.465 e. The van der Waals surface area contributed by atoms with Gasteiger partial charge in [-0.05, 0) is 73.4 Å². The summed E-state index contributed by atoms with van der Waals surface area (Å²) in [7, 11) is 1.28. The number of ether oxygens (including phenoxy) is 1. The van der Waals surface area contributed by atoms with Crippen molar-refractivity contribution in [2.45, 2.75) is 77.5 Å². The lowest BCUT2D eigenvalue weighted by Crippen LogP contribution is -2.51. The Hall–Kier alpha value is -6.19. The Kier molecular flexibility index (Phi) is 10.8. The fourth-order valence-corrected chi connectivity index (χ4v) is 7.65. The van der Waals surface area contributed by atoms with E-state index in [1.54, 1.807) is 22.2 Å². The molecule has 0 radical (unpaired) electrons. The van der Waals surface area contributed by atoms with Gasteiger partial charge in [-0.2, -0.15) is 0 Å². The summed E-state index contributed by atoms with van der Waals surface area (Å²) in [4.78, 5) is 74.6. The SMILES string of the molecule is COC(=O)NC(C(=O)N1CCC[C@H]1c1ncc(-c2ccc(-c3nc4cc(-c5cnc([C@@H]6CCCN6C(=O)C(NC(=O)O)C(C)C)[nH]5)ccc4o3)cc2)[nH]1)C(C)C. The number of carboxylic acid groups (broad SMARTS) is 1. The molecular weight excluding hydrogens is 718 g/mol. The molecule has 2 aromatic carbocycles. The van der Waals surface area contributed by atoms with E-state index in [0.717, 1.165) is 53.8 Å². The predicted molar refractivity (Wildman–Crippen MR) is 206 cm³/mol. The van der Waals surface area contributed by atoms with E-state index in [0.29, 0.717) is 41.7 Å². The molecule has 0 bridgehead atoms. The van der Waals surface area contributed by atoms with Crippen LogP contribution in [-0.2, 0) is 14.3 Å². The molecule has 4 amide bonds. The van der Waals surface area contributed by atoms with Crippen LogP contribution >= 0.6 is 0 Å². The lowest BCUT2D eigenvalue weighted by Gasteiger charge is -2.30. The summed E-state index contributed by atoms with van der Waals surface area (Å²) < 4.78 is 10.9. The number of imidazole rings is 2. The molecule has 16 nitrogen and oxygen atoms in total. The van der Waals surface area contributed by atoms with Gasteiger partial charge >= 0.3 is 12.2 Å². The van der Waals surface area contributed by atoms with Gasteiger partial charge in [0.25, 0.3) is 0 Å². The number of hydrogen-bond acceptors (Lipinski definition) is 9. The number of amides is 4. The number of alkyl carbamates (subject to hydrolysis) is 1. The number of fused-ring (bicyclic) bond motifs is 1. The van der Waals surface area contributed by atoms with Crippen molar-refractivity contribution in [2.75, 3.05) is 20.2 Å². The highest BCUT2D eigenvalue weighted by atomic mass is 16.5. The highest BCUT2D eigenvalue weighted by Crippen LogP contribution is 2.35. The minimum absolute atomic E-state index is 0.120. The van der Waals surface area contributed by atoms with Crippen molar-refractivity contribution in [2.24, 2.45) is 11.8 Å². The monoisotopic (exact) mass is 765 g/mol. The van der Waals surface area contributed by atoms with Gasteiger partial charge in [-0.1, -0.05) is 39.8 Å². The van der Waals surface area contributed by atoms with Crippen LogP contribution in [0.15, 0.2) is 59.3 Å². The van der Waals surface area contributed by atoms with Crippen LogP contribution in [0.2, 0.25) is 0 Å². The quantitative estimate of drug-likeness (QED) is 0.102. The number of likely N-dealkylation sites (tertiary alicyclic amines) is 2. The maximum Gasteiger partial charge on any atom is 0.407 e. The van der Waals surface area contributed by atoms with Gasteiger partial charge in [0, 0.05) is 24.2 Å². The number of carbonyl (C=O) groups excluding carboxylic acids is 3. The van der Waals surface area contributed by atoms with Gasteiger partial charge in [0.1, 0.15) is 29.2 Å². The summed E-state index contributed by atoms with van der Waals surface area (Å²) in [5.41, 5.74) is 5.43. The summed E-state index contributed by atoms with van der Waals surface area (Å²) >= 11 is 0. The Labute approximate surface area is 323 Å². The van der Waals surface area contributed by atoms with Gasteiger partial charge in [0.2, 0.25) is 17.7 Å². The van der Waals surface area contributed by atoms with Crippen LogP contribution in [0.4, 0.5) is 9.59 Å². The summed E-state index contributed by atoms with van der Waals surface area (Å²) in [6.07, 6.45) is 4.74. The van der Waals surface area contributed by atoms with Crippen LogP contribution in [0.3, 0.4) is 0 Å². The smallest absolute Gasteiger partial charge is 0.407 e. The van der Waals surface area contributed by atoms with Crippen molar-refractivity contribution >= 4 is 35.1 Å². The first kappa shape index (κ1) is 38.1. The zero-order valence-electron chi connectivity index (χ0n) is 32.0. The third-order valence-electron chi connectivity index (χ3n) is 10.6. The molecule has 5 aromatic rings.